The minimum atomic E-state index is -1.36. The first-order valence-corrected chi connectivity index (χ1v) is 10.2. The van der Waals surface area contributed by atoms with Gasteiger partial charge in [-0.2, -0.15) is 0 Å². The maximum absolute atomic E-state index is 12.7. The van der Waals surface area contributed by atoms with E-state index in [1.165, 1.54) is 38.3 Å². The van der Waals surface area contributed by atoms with Gasteiger partial charge in [0, 0.05) is 6.07 Å². The smallest absolute Gasteiger partial charge is 0.373 e. The topological polar surface area (TPSA) is 179 Å². The zero-order chi connectivity index (χ0) is 25.2. The summed E-state index contributed by atoms with van der Waals surface area (Å²) >= 11 is 3.11. The summed E-state index contributed by atoms with van der Waals surface area (Å²) in [5.74, 6) is -3.03. The molecule has 2 heterocycles. The number of furan rings is 1. The van der Waals surface area contributed by atoms with E-state index in [4.69, 9.17) is 14.3 Å². The van der Waals surface area contributed by atoms with Gasteiger partial charge in [-0.1, -0.05) is 0 Å². The fourth-order valence-electron chi connectivity index (χ4n) is 2.87. The van der Waals surface area contributed by atoms with Crippen LogP contribution in [-0.2, 0) is 20.9 Å². The van der Waals surface area contributed by atoms with Crippen LogP contribution in [0.3, 0.4) is 0 Å². The first-order chi connectivity index (χ1) is 16.0. The van der Waals surface area contributed by atoms with Gasteiger partial charge in [0.2, 0.25) is 11.5 Å². The second-order valence-electron chi connectivity index (χ2n) is 6.84. The molecule has 3 amide bonds. The van der Waals surface area contributed by atoms with E-state index in [0.29, 0.717) is 0 Å². The average Bonchev–Trinajstić information content (AvgIpc) is 3.35. The van der Waals surface area contributed by atoms with E-state index in [-0.39, 0.29) is 39.5 Å². The Kier molecular flexibility index (Phi) is 7.00. The molecular formula is C20H16BrN3O10. The van der Waals surface area contributed by atoms with Crippen LogP contribution >= 0.6 is 15.9 Å². The molecule has 34 heavy (non-hydrogen) atoms. The summed E-state index contributed by atoms with van der Waals surface area (Å²) in [6.07, 6.45) is -0.144. The minimum Gasteiger partial charge on any atom is -0.479 e. The number of nitrogens with zero attached hydrogens (tertiary/aromatic N) is 2. The van der Waals surface area contributed by atoms with E-state index in [2.05, 4.69) is 26.0 Å². The molecule has 0 unspecified atom stereocenters. The molecule has 1 atom stereocenters. The monoisotopic (exact) mass is 537 g/mol. The number of nitro groups is 1. The second-order valence-corrected chi connectivity index (χ2v) is 7.70. The summed E-state index contributed by atoms with van der Waals surface area (Å²) < 4.78 is 15.0. The molecule has 13 nitrogen and oxygen atoms in total. The number of halogens is 1. The number of methoxy groups -OCH3 is 1. The third kappa shape index (κ3) is 5.06. The number of aliphatic carboxylic acids is 1. The maximum atomic E-state index is 12.7. The van der Waals surface area contributed by atoms with Crippen molar-refractivity contribution >= 4 is 51.6 Å². The van der Waals surface area contributed by atoms with Crippen molar-refractivity contribution in [1.82, 2.24) is 10.2 Å². The predicted molar refractivity (Wildman–Crippen MR) is 116 cm³/mol. The number of esters is 1. The molecule has 2 N–H and O–H groups in total. The maximum Gasteiger partial charge on any atom is 0.373 e. The molecule has 178 valence electrons. The largest absolute Gasteiger partial charge is 0.479 e. The molecule has 3 rings (SSSR count). The van der Waals surface area contributed by atoms with Crippen molar-refractivity contribution in [3.63, 3.8) is 0 Å². The van der Waals surface area contributed by atoms with Crippen LogP contribution in [0.2, 0.25) is 0 Å². The number of amides is 3. The summed E-state index contributed by atoms with van der Waals surface area (Å²) in [6.45, 7) is 0.936. The summed E-state index contributed by atoms with van der Waals surface area (Å²) in [6, 6.07) is 4.41. The number of imide groups is 1. The molecule has 1 aliphatic heterocycles. The lowest BCUT2D eigenvalue weighted by atomic mass is 10.1. The number of hydrogen-bond donors (Lipinski definition) is 2. The number of benzene rings is 1. The molecule has 0 bridgehead atoms. The summed E-state index contributed by atoms with van der Waals surface area (Å²) in [4.78, 5) is 59.1. The number of carboxylic acid groups (broad SMARTS) is 1. The van der Waals surface area contributed by atoms with Crippen molar-refractivity contribution in [3.05, 3.63) is 61.6 Å². The molecular weight excluding hydrogens is 522 g/mol. The number of rotatable bonds is 8. The Labute approximate surface area is 199 Å². The quantitative estimate of drug-likeness (QED) is 0.167. The van der Waals surface area contributed by atoms with Crippen LogP contribution in [0.15, 0.2) is 38.9 Å². The Morgan fingerprint density at radius 2 is 2.06 bits per heavy atom. The SMILES string of the molecule is COC(=O)c1ccc(CN2C(=O)N/C(=C\c3cc(Br)c(O[C@@H](C)C(=O)O)c([N+](=O)[O-])c3)C2=O)o1. The van der Waals surface area contributed by atoms with Crippen molar-refractivity contribution in [2.24, 2.45) is 0 Å². The lowest BCUT2D eigenvalue weighted by Crippen LogP contribution is -2.30. The Morgan fingerprint density at radius 1 is 1.35 bits per heavy atom. The van der Waals surface area contributed by atoms with E-state index in [9.17, 15) is 29.3 Å². The van der Waals surface area contributed by atoms with Crippen molar-refractivity contribution in [3.8, 4) is 5.75 Å². The Hall–Kier alpha value is -4.20. The van der Waals surface area contributed by atoms with Gasteiger partial charge in [0.25, 0.3) is 5.91 Å². The highest BCUT2D eigenvalue weighted by molar-refractivity contribution is 9.10. The number of urea groups is 1. The highest BCUT2D eigenvalue weighted by atomic mass is 79.9. The summed E-state index contributed by atoms with van der Waals surface area (Å²) in [5, 5.41) is 22.9. The number of hydrogen-bond acceptors (Lipinski definition) is 9. The van der Waals surface area contributed by atoms with Crippen molar-refractivity contribution in [2.75, 3.05) is 7.11 Å². The number of carbonyl (C=O) groups is 4. The van der Waals surface area contributed by atoms with Gasteiger partial charge in [0.05, 0.1) is 23.1 Å². The van der Waals surface area contributed by atoms with Crippen LogP contribution in [0.25, 0.3) is 6.08 Å². The van der Waals surface area contributed by atoms with Crippen LogP contribution in [0, 0.1) is 10.1 Å². The first-order valence-electron chi connectivity index (χ1n) is 9.40. The van der Waals surface area contributed by atoms with Crippen molar-refractivity contribution in [1.29, 1.82) is 0 Å². The molecule has 2 aromatic rings. The number of ether oxygens (including phenoxy) is 2. The molecule has 0 saturated carbocycles. The average molecular weight is 538 g/mol. The standard InChI is InChI=1S/C20H16BrN3O10/c1-9(18(26)27)33-16-12(21)5-10(7-14(16)24(30)31)6-13-17(25)23(20(29)22-13)8-11-3-4-15(34-11)19(28)32-2/h3-7,9H,8H2,1-2H3,(H,22,29)(H,26,27)/b13-6-/t9-/m0/s1. The molecule has 1 fully saturated rings. The van der Waals surface area contributed by atoms with E-state index in [0.717, 1.165) is 11.0 Å². The van der Waals surface area contributed by atoms with Gasteiger partial charge in [0.15, 0.2) is 6.10 Å². The normalized spacial score (nSPS) is 15.3. The lowest BCUT2D eigenvalue weighted by molar-refractivity contribution is -0.386. The minimum absolute atomic E-state index is 0.0706. The van der Waals surface area contributed by atoms with Crippen LogP contribution in [-0.4, -0.2) is 52.0 Å². The zero-order valence-electron chi connectivity index (χ0n) is 17.6. The van der Waals surface area contributed by atoms with Crippen LogP contribution < -0.4 is 10.1 Å². The third-order valence-corrected chi connectivity index (χ3v) is 5.11. The van der Waals surface area contributed by atoms with Crippen LogP contribution in [0.1, 0.15) is 28.8 Å². The van der Waals surface area contributed by atoms with E-state index in [1.54, 1.807) is 0 Å². The van der Waals surface area contributed by atoms with Crippen LogP contribution in [0.4, 0.5) is 10.5 Å². The lowest BCUT2D eigenvalue weighted by Gasteiger charge is -2.13. The van der Waals surface area contributed by atoms with Gasteiger partial charge in [-0.25, -0.2) is 14.4 Å². The molecule has 1 aromatic heterocycles. The van der Waals surface area contributed by atoms with E-state index >= 15 is 0 Å². The Balaban J connectivity index is 1.86. The zero-order valence-corrected chi connectivity index (χ0v) is 19.2. The van der Waals surface area contributed by atoms with Crippen molar-refractivity contribution < 1.29 is 43.1 Å². The fraction of sp³-hybridized carbons (Fsp3) is 0.200. The summed E-state index contributed by atoms with van der Waals surface area (Å²) in [7, 11) is 1.17. The van der Waals surface area contributed by atoms with Gasteiger partial charge in [0.1, 0.15) is 11.5 Å². The van der Waals surface area contributed by atoms with E-state index in [1.807, 2.05) is 0 Å². The predicted octanol–water partition coefficient (Wildman–Crippen LogP) is 2.68. The number of carboxylic acids is 1. The second kappa shape index (κ2) is 9.74. The fourth-order valence-corrected chi connectivity index (χ4v) is 3.43. The molecule has 1 aliphatic rings. The first kappa shape index (κ1) is 24.4. The van der Waals surface area contributed by atoms with Crippen molar-refractivity contribution in [2.45, 2.75) is 19.6 Å². The number of nitro benzene ring substituents is 1. The van der Waals surface area contributed by atoms with Crippen LogP contribution in [0.5, 0.6) is 5.75 Å². The van der Waals surface area contributed by atoms with Gasteiger partial charge in [-0.3, -0.25) is 19.8 Å². The van der Waals surface area contributed by atoms with Gasteiger partial charge in [-0.15, -0.1) is 0 Å². The van der Waals surface area contributed by atoms with Gasteiger partial charge >= 0.3 is 23.7 Å². The number of nitrogens with one attached hydrogen (secondary N) is 1. The van der Waals surface area contributed by atoms with E-state index < -0.39 is 40.6 Å². The molecule has 0 aliphatic carbocycles. The Bertz CT molecular complexity index is 1240. The highest BCUT2D eigenvalue weighted by Gasteiger charge is 2.35. The molecule has 0 radical (unpaired) electrons. The van der Waals surface area contributed by atoms with Gasteiger partial charge in [-0.05, 0) is 52.7 Å². The van der Waals surface area contributed by atoms with Gasteiger partial charge < -0.3 is 24.3 Å². The molecule has 1 saturated heterocycles. The number of carbonyl (C=O) groups excluding carboxylic acids is 3. The molecule has 1 aromatic carbocycles. The highest BCUT2D eigenvalue weighted by Crippen LogP contribution is 2.38. The molecule has 0 spiro atoms. The Morgan fingerprint density at radius 3 is 2.68 bits per heavy atom. The summed E-state index contributed by atoms with van der Waals surface area (Å²) in [5.41, 5.74) is -0.558. The molecule has 14 heteroatoms. The third-order valence-electron chi connectivity index (χ3n) is 4.52.